The van der Waals surface area contributed by atoms with E-state index in [4.69, 9.17) is 44.8 Å². The lowest BCUT2D eigenvalue weighted by molar-refractivity contribution is -0.118. The Bertz CT molecular complexity index is 803. The highest BCUT2D eigenvalue weighted by molar-refractivity contribution is 6.36. The van der Waals surface area contributed by atoms with Gasteiger partial charge in [-0.1, -0.05) is 34.8 Å². The Kier molecular flexibility index (Phi) is 5.67. The summed E-state index contributed by atoms with van der Waals surface area (Å²) in [5, 5.41) is 12.2. The molecule has 1 aromatic carbocycles. The number of carbonyl (C=O) groups excluding carboxylic acids is 1. The fourth-order valence-electron chi connectivity index (χ4n) is 1.65. The molecule has 0 aliphatic heterocycles. The molecular weight excluding hydrogens is 361 g/mol. The molecule has 118 valence electrons. The van der Waals surface area contributed by atoms with E-state index in [0.29, 0.717) is 22.0 Å². The number of rotatable bonds is 4. The summed E-state index contributed by atoms with van der Waals surface area (Å²) in [7, 11) is 0. The van der Waals surface area contributed by atoms with E-state index in [2.05, 4.69) is 10.3 Å². The number of hydrogen-bond donors (Lipinski definition) is 1. The van der Waals surface area contributed by atoms with E-state index in [-0.39, 0.29) is 22.5 Å². The minimum absolute atomic E-state index is 0.202. The van der Waals surface area contributed by atoms with Gasteiger partial charge in [-0.15, -0.1) is 0 Å². The topological polar surface area (TPSA) is 75.0 Å². The number of hydrogen-bond acceptors (Lipinski definition) is 4. The number of nitrogens with one attached hydrogen (secondary N) is 1. The molecule has 0 unspecified atom stereocenters. The van der Waals surface area contributed by atoms with Gasteiger partial charge in [0.1, 0.15) is 5.75 Å². The molecule has 0 aliphatic rings. The fourth-order valence-corrected chi connectivity index (χ4v) is 2.29. The molecule has 0 aliphatic carbocycles. The number of ether oxygens (including phenoxy) is 1. The van der Waals surface area contributed by atoms with Crippen LogP contribution in [0.25, 0.3) is 0 Å². The van der Waals surface area contributed by atoms with Gasteiger partial charge in [-0.25, -0.2) is 4.98 Å². The first-order valence-electron chi connectivity index (χ1n) is 6.35. The summed E-state index contributed by atoms with van der Waals surface area (Å²) >= 11 is 17.8. The molecule has 0 atom stereocenters. The average Bonchev–Trinajstić information content (AvgIpc) is 2.51. The van der Waals surface area contributed by atoms with Gasteiger partial charge in [-0.2, -0.15) is 5.26 Å². The Morgan fingerprint density at radius 2 is 2.00 bits per heavy atom. The van der Waals surface area contributed by atoms with Crippen LogP contribution in [-0.4, -0.2) is 17.5 Å². The first-order valence-corrected chi connectivity index (χ1v) is 7.49. The maximum atomic E-state index is 11.9. The average molecular weight is 371 g/mol. The molecule has 2 rings (SSSR count). The number of benzene rings is 1. The molecule has 1 heterocycles. The lowest BCUT2D eigenvalue weighted by Gasteiger charge is -2.10. The second kappa shape index (κ2) is 7.51. The van der Waals surface area contributed by atoms with Gasteiger partial charge in [0.05, 0.1) is 32.4 Å². The van der Waals surface area contributed by atoms with Crippen molar-refractivity contribution in [2.45, 2.75) is 6.92 Å². The van der Waals surface area contributed by atoms with Gasteiger partial charge in [0.25, 0.3) is 5.91 Å². The fraction of sp³-hybridized carbons (Fsp3) is 0.133. The molecular formula is C15H10Cl3N3O2. The highest BCUT2D eigenvalue weighted by Crippen LogP contribution is 2.26. The Hall–Kier alpha value is -2.00. The van der Waals surface area contributed by atoms with E-state index < -0.39 is 5.91 Å². The number of halogens is 3. The van der Waals surface area contributed by atoms with Crippen molar-refractivity contribution >= 4 is 46.5 Å². The number of anilines is 1. The summed E-state index contributed by atoms with van der Waals surface area (Å²) in [5.41, 5.74) is 0.946. The number of pyridine rings is 1. The molecule has 8 heteroatoms. The third-order valence-electron chi connectivity index (χ3n) is 2.78. The number of amides is 1. The summed E-state index contributed by atoms with van der Waals surface area (Å²) < 4.78 is 5.31. The van der Waals surface area contributed by atoms with Crippen molar-refractivity contribution < 1.29 is 9.53 Å². The van der Waals surface area contributed by atoms with Crippen LogP contribution in [0.2, 0.25) is 15.1 Å². The van der Waals surface area contributed by atoms with Gasteiger partial charge < -0.3 is 10.1 Å². The summed E-state index contributed by atoms with van der Waals surface area (Å²) in [5.74, 6) is 0.0433. The van der Waals surface area contributed by atoms with E-state index in [0.717, 1.165) is 0 Å². The van der Waals surface area contributed by atoms with Crippen molar-refractivity contribution in [3.05, 3.63) is 50.6 Å². The lowest BCUT2D eigenvalue weighted by Crippen LogP contribution is -2.21. The SMILES string of the molecule is Cc1nc(NC(=O)COc2ccc(C#N)cc2Cl)c(Cl)cc1Cl. The van der Waals surface area contributed by atoms with Crippen LogP contribution in [0.4, 0.5) is 5.82 Å². The number of nitriles is 1. The first-order chi connectivity index (χ1) is 10.9. The highest BCUT2D eigenvalue weighted by atomic mass is 35.5. The zero-order valence-electron chi connectivity index (χ0n) is 11.9. The van der Waals surface area contributed by atoms with Crippen LogP contribution >= 0.6 is 34.8 Å². The number of aromatic nitrogens is 1. The van der Waals surface area contributed by atoms with Crippen LogP contribution < -0.4 is 10.1 Å². The van der Waals surface area contributed by atoms with Crippen molar-refractivity contribution in [1.82, 2.24) is 4.98 Å². The van der Waals surface area contributed by atoms with Gasteiger partial charge in [0.15, 0.2) is 12.4 Å². The molecule has 1 N–H and O–H groups in total. The van der Waals surface area contributed by atoms with E-state index in [1.54, 1.807) is 13.0 Å². The third kappa shape index (κ3) is 4.49. The normalized spacial score (nSPS) is 10.0. The largest absolute Gasteiger partial charge is 0.482 e. The van der Waals surface area contributed by atoms with E-state index >= 15 is 0 Å². The van der Waals surface area contributed by atoms with Crippen molar-refractivity contribution in [2.24, 2.45) is 0 Å². The summed E-state index contributed by atoms with van der Waals surface area (Å²) in [4.78, 5) is 16.0. The summed E-state index contributed by atoms with van der Waals surface area (Å²) in [6, 6.07) is 7.97. The summed E-state index contributed by atoms with van der Waals surface area (Å²) in [6.45, 7) is 1.41. The van der Waals surface area contributed by atoms with Crippen molar-refractivity contribution in [1.29, 1.82) is 5.26 Å². The molecule has 0 saturated carbocycles. The predicted octanol–water partition coefficient (Wildman–Crippen LogP) is 4.24. The third-order valence-corrected chi connectivity index (χ3v) is 3.75. The molecule has 0 fully saturated rings. The monoisotopic (exact) mass is 369 g/mol. The number of carbonyl (C=O) groups is 1. The molecule has 5 nitrogen and oxygen atoms in total. The van der Waals surface area contributed by atoms with E-state index in [9.17, 15) is 4.79 Å². The van der Waals surface area contributed by atoms with Crippen LogP contribution in [-0.2, 0) is 4.79 Å². The van der Waals surface area contributed by atoms with Crippen molar-refractivity contribution in [3.63, 3.8) is 0 Å². The quantitative estimate of drug-likeness (QED) is 0.873. The molecule has 0 saturated heterocycles. The summed E-state index contributed by atoms with van der Waals surface area (Å²) in [6.07, 6.45) is 0. The van der Waals surface area contributed by atoms with Crippen molar-refractivity contribution in [2.75, 3.05) is 11.9 Å². The Morgan fingerprint density at radius 3 is 2.65 bits per heavy atom. The van der Waals surface area contributed by atoms with E-state index in [1.807, 2.05) is 6.07 Å². The maximum Gasteiger partial charge on any atom is 0.263 e. The maximum absolute atomic E-state index is 11.9. The minimum atomic E-state index is -0.457. The van der Waals surface area contributed by atoms with Crippen LogP contribution in [0.15, 0.2) is 24.3 Å². The molecule has 23 heavy (non-hydrogen) atoms. The Morgan fingerprint density at radius 1 is 1.26 bits per heavy atom. The molecule has 1 aromatic heterocycles. The van der Waals surface area contributed by atoms with Gasteiger partial charge in [0.2, 0.25) is 0 Å². The highest BCUT2D eigenvalue weighted by Gasteiger charge is 2.11. The second-order valence-electron chi connectivity index (χ2n) is 4.48. The zero-order valence-corrected chi connectivity index (χ0v) is 14.1. The Balaban J connectivity index is 2.01. The molecule has 0 bridgehead atoms. The second-order valence-corrected chi connectivity index (χ2v) is 5.70. The number of nitrogens with zero attached hydrogens (tertiary/aromatic N) is 2. The van der Waals surface area contributed by atoms with Gasteiger partial charge >= 0.3 is 0 Å². The van der Waals surface area contributed by atoms with Crippen LogP contribution in [0.1, 0.15) is 11.3 Å². The van der Waals surface area contributed by atoms with Crippen LogP contribution in [0, 0.1) is 18.3 Å². The van der Waals surface area contributed by atoms with Gasteiger partial charge in [-0.3, -0.25) is 4.79 Å². The van der Waals surface area contributed by atoms with Gasteiger partial charge in [0, 0.05) is 0 Å². The predicted molar refractivity (Wildman–Crippen MR) is 89.3 cm³/mol. The van der Waals surface area contributed by atoms with Crippen LogP contribution in [0.5, 0.6) is 5.75 Å². The zero-order chi connectivity index (χ0) is 17.0. The number of aryl methyl sites for hydroxylation is 1. The molecule has 0 radical (unpaired) electrons. The molecule has 0 spiro atoms. The smallest absolute Gasteiger partial charge is 0.263 e. The lowest BCUT2D eigenvalue weighted by atomic mass is 10.2. The van der Waals surface area contributed by atoms with E-state index in [1.165, 1.54) is 18.2 Å². The molecule has 1 amide bonds. The standard InChI is InChI=1S/C15H10Cl3N3O2/c1-8-10(16)5-12(18)15(20-8)21-14(22)7-23-13-3-2-9(6-19)4-11(13)17/h2-5H,7H2,1H3,(H,20,21,22). The minimum Gasteiger partial charge on any atom is -0.482 e. The first kappa shape index (κ1) is 17.4. The van der Waals surface area contributed by atoms with Crippen LogP contribution in [0.3, 0.4) is 0 Å². The van der Waals surface area contributed by atoms with Crippen molar-refractivity contribution in [3.8, 4) is 11.8 Å². The Labute approximate surface area is 147 Å². The van der Waals surface area contributed by atoms with Gasteiger partial charge in [-0.05, 0) is 31.2 Å². The molecule has 2 aromatic rings.